The topological polar surface area (TPSA) is 76.5 Å². The fourth-order valence-electron chi connectivity index (χ4n) is 4.19. The highest BCUT2D eigenvalue weighted by Crippen LogP contribution is 2.20. The van der Waals surface area contributed by atoms with Crippen LogP contribution in [0.15, 0.2) is 48.5 Å². The van der Waals surface area contributed by atoms with E-state index in [9.17, 15) is 9.59 Å². The van der Waals surface area contributed by atoms with Crippen LogP contribution in [-0.4, -0.2) is 52.5 Å². The molecule has 0 saturated carbocycles. The number of ether oxygens (including phenoxy) is 1. The third-order valence-electron chi connectivity index (χ3n) is 6.25. The van der Waals surface area contributed by atoms with Crippen LogP contribution in [0.4, 0.5) is 0 Å². The van der Waals surface area contributed by atoms with E-state index < -0.39 is 0 Å². The fraction of sp³-hybridized carbons (Fsp3) is 0.423. The molecule has 1 aromatic heterocycles. The number of imidazole rings is 1. The van der Waals surface area contributed by atoms with Crippen molar-refractivity contribution >= 4 is 34.4 Å². The maximum Gasteiger partial charge on any atom is 0.257 e. The number of carbonyl (C=O) groups excluding carboxylic acids is 2. The van der Waals surface area contributed by atoms with Crippen molar-refractivity contribution in [2.75, 3.05) is 26.2 Å². The van der Waals surface area contributed by atoms with Crippen molar-refractivity contribution in [3.8, 4) is 5.75 Å². The van der Waals surface area contributed by atoms with Crippen LogP contribution in [0.1, 0.15) is 32.0 Å². The second kappa shape index (κ2) is 11.4. The number of nitrogens with zero attached hydrogens (tertiary/aromatic N) is 3. The first-order valence-electron chi connectivity index (χ1n) is 11.9. The summed E-state index contributed by atoms with van der Waals surface area (Å²) in [6.07, 6.45) is 3.50. The van der Waals surface area contributed by atoms with Gasteiger partial charge in [0.25, 0.3) is 5.91 Å². The van der Waals surface area contributed by atoms with Gasteiger partial charge in [-0.1, -0.05) is 30.7 Å². The van der Waals surface area contributed by atoms with Crippen LogP contribution >= 0.6 is 11.6 Å². The van der Waals surface area contributed by atoms with E-state index in [1.54, 1.807) is 24.3 Å². The molecule has 3 aromatic rings. The van der Waals surface area contributed by atoms with Crippen LogP contribution < -0.4 is 10.1 Å². The van der Waals surface area contributed by atoms with Gasteiger partial charge in [0.2, 0.25) is 5.91 Å². The third kappa shape index (κ3) is 6.29. The van der Waals surface area contributed by atoms with Crippen LogP contribution in [0, 0.1) is 5.92 Å². The minimum Gasteiger partial charge on any atom is -0.484 e. The van der Waals surface area contributed by atoms with Gasteiger partial charge < -0.3 is 19.5 Å². The number of carbonyl (C=O) groups is 2. The zero-order valence-corrected chi connectivity index (χ0v) is 20.3. The molecule has 0 atom stereocenters. The predicted octanol–water partition coefficient (Wildman–Crippen LogP) is 4.08. The summed E-state index contributed by atoms with van der Waals surface area (Å²) in [7, 11) is 0. The molecule has 180 valence electrons. The molecule has 2 amide bonds. The van der Waals surface area contributed by atoms with E-state index in [0.29, 0.717) is 42.6 Å². The van der Waals surface area contributed by atoms with Crippen molar-refractivity contribution in [3.05, 3.63) is 59.4 Å². The largest absolute Gasteiger partial charge is 0.484 e. The Hall–Kier alpha value is -3.06. The Kier molecular flexibility index (Phi) is 8.06. The highest BCUT2D eigenvalue weighted by atomic mass is 35.5. The number of nitrogens with one attached hydrogen (secondary N) is 1. The first kappa shape index (κ1) is 24.1. The normalized spacial score (nSPS) is 14.4. The lowest BCUT2D eigenvalue weighted by Crippen LogP contribution is -2.40. The molecule has 4 rings (SSSR count). The molecule has 8 heteroatoms. The third-order valence-corrected chi connectivity index (χ3v) is 6.50. The van der Waals surface area contributed by atoms with Crippen LogP contribution in [0.5, 0.6) is 5.75 Å². The SMILES string of the molecule is CC1CCN(C(=O)Cn2c(CCCNC(=O)COc3ccc(Cl)cc3)nc3ccccc32)CC1. The molecular weight excluding hydrogens is 452 g/mol. The summed E-state index contributed by atoms with van der Waals surface area (Å²) in [5, 5.41) is 3.50. The zero-order valence-electron chi connectivity index (χ0n) is 19.5. The van der Waals surface area contributed by atoms with E-state index in [1.165, 1.54) is 0 Å². The van der Waals surface area contributed by atoms with E-state index in [-0.39, 0.29) is 18.4 Å². The highest BCUT2D eigenvalue weighted by molar-refractivity contribution is 6.30. The lowest BCUT2D eigenvalue weighted by Gasteiger charge is -2.30. The summed E-state index contributed by atoms with van der Waals surface area (Å²) in [5.41, 5.74) is 1.86. The maximum atomic E-state index is 13.0. The number of benzene rings is 2. The summed E-state index contributed by atoms with van der Waals surface area (Å²) < 4.78 is 7.50. The summed E-state index contributed by atoms with van der Waals surface area (Å²) in [4.78, 5) is 31.8. The predicted molar refractivity (Wildman–Crippen MR) is 133 cm³/mol. The first-order chi connectivity index (χ1) is 16.5. The Labute approximate surface area is 205 Å². The maximum absolute atomic E-state index is 13.0. The van der Waals surface area contributed by atoms with Crippen LogP contribution in [0.3, 0.4) is 0 Å². The van der Waals surface area contributed by atoms with Gasteiger partial charge >= 0.3 is 0 Å². The first-order valence-corrected chi connectivity index (χ1v) is 12.2. The van der Waals surface area contributed by atoms with Gasteiger partial charge in [-0.15, -0.1) is 0 Å². The molecule has 7 nitrogen and oxygen atoms in total. The van der Waals surface area contributed by atoms with Crippen LogP contribution in [0.2, 0.25) is 5.02 Å². The molecule has 2 heterocycles. The molecule has 2 aromatic carbocycles. The van der Waals surface area contributed by atoms with Gasteiger partial charge in [0, 0.05) is 31.1 Å². The van der Waals surface area contributed by atoms with Gasteiger partial charge in [-0.3, -0.25) is 9.59 Å². The van der Waals surface area contributed by atoms with Crippen molar-refractivity contribution in [1.29, 1.82) is 0 Å². The Balaban J connectivity index is 1.30. The summed E-state index contributed by atoms with van der Waals surface area (Å²) in [6.45, 7) is 4.64. The lowest BCUT2D eigenvalue weighted by molar-refractivity contribution is -0.133. The number of rotatable bonds is 9. The van der Waals surface area contributed by atoms with E-state index in [2.05, 4.69) is 12.2 Å². The monoisotopic (exact) mass is 482 g/mol. The van der Waals surface area contributed by atoms with E-state index in [0.717, 1.165) is 42.8 Å². The molecule has 0 aliphatic carbocycles. The molecule has 0 radical (unpaired) electrons. The Bertz CT molecular complexity index is 1120. The Morgan fingerprint density at radius 2 is 1.85 bits per heavy atom. The minimum absolute atomic E-state index is 0.0525. The average Bonchev–Trinajstić information content (AvgIpc) is 3.19. The number of aryl methyl sites for hydroxylation is 1. The number of para-hydroxylation sites is 2. The number of fused-ring (bicyclic) bond motifs is 1. The quantitative estimate of drug-likeness (QED) is 0.466. The van der Waals surface area contributed by atoms with Crippen molar-refractivity contribution in [1.82, 2.24) is 19.8 Å². The Morgan fingerprint density at radius 1 is 1.12 bits per heavy atom. The number of likely N-dealkylation sites (tertiary alicyclic amines) is 1. The molecule has 34 heavy (non-hydrogen) atoms. The van der Waals surface area contributed by atoms with Gasteiger partial charge in [-0.05, 0) is 61.6 Å². The number of amides is 2. The lowest BCUT2D eigenvalue weighted by atomic mass is 9.99. The van der Waals surface area contributed by atoms with Crippen molar-refractivity contribution < 1.29 is 14.3 Å². The Morgan fingerprint density at radius 3 is 2.62 bits per heavy atom. The van der Waals surface area contributed by atoms with Gasteiger partial charge in [-0.2, -0.15) is 0 Å². The van der Waals surface area contributed by atoms with E-state index >= 15 is 0 Å². The van der Waals surface area contributed by atoms with E-state index in [1.807, 2.05) is 33.7 Å². The zero-order chi connectivity index (χ0) is 23.9. The van der Waals surface area contributed by atoms with Gasteiger partial charge in [0.05, 0.1) is 11.0 Å². The second-order valence-corrected chi connectivity index (χ2v) is 9.30. The van der Waals surface area contributed by atoms with Gasteiger partial charge in [-0.25, -0.2) is 4.98 Å². The smallest absolute Gasteiger partial charge is 0.257 e. The molecule has 1 aliphatic rings. The molecular formula is C26H31ClN4O3. The highest BCUT2D eigenvalue weighted by Gasteiger charge is 2.22. The number of piperidine rings is 1. The summed E-state index contributed by atoms with van der Waals surface area (Å²) in [5.74, 6) is 2.11. The minimum atomic E-state index is -0.182. The van der Waals surface area contributed by atoms with Crippen LogP contribution in [-0.2, 0) is 22.6 Å². The fourth-order valence-corrected chi connectivity index (χ4v) is 4.32. The number of halogens is 1. The van der Waals surface area contributed by atoms with Crippen LogP contribution in [0.25, 0.3) is 11.0 Å². The molecule has 0 bridgehead atoms. The van der Waals surface area contributed by atoms with Gasteiger partial charge in [0.15, 0.2) is 6.61 Å². The second-order valence-electron chi connectivity index (χ2n) is 8.86. The number of aromatic nitrogens is 2. The molecule has 1 fully saturated rings. The van der Waals surface area contributed by atoms with E-state index in [4.69, 9.17) is 21.3 Å². The molecule has 0 unspecified atom stereocenters. The molecule has 1 aliphatic heterocycles. The summed E-state index contributed by atoms with van der Waals surface area (Å²) in [6, 6.07) is 14.8. The average molecular weight is 483 g/mol. The standard InChI is InChI=1S/C26H31ClN4O3/c1-19-12-15-30(16-13-19)26(33)17-31-23-6-3-2-5-22(23)29-24(31)7-4-14-28-25(32)18-34-21-10-8-20(27)9-11-21/h2-3,5-6,8-11,19H,4,7,12-18H2,1H3,(H,28,32). The van der Waals surface area contributed by atoms with Crippen molar-refractivity contribution in [2.45, 2.75) is 39.2 Å². The molecule has 0 spiro atoms. The number of hydrogen-bond donors (Lipinski definition) is 1. The van der Waals surface area contributed by atoms with Crippen molar-refractivity contribution in [3.63, 3.8) is 0 Å². The van der Waals surface area contributed by atoms with Gasteiger partial charge in [0.1, 0.15) is 18.1 Å². The molecule has 1 saturated heterocycles. The molecule has 1 N–H and O–H groups in total. The number of hydrogen-bond acceptors (Lipinski definition) is 4. The summed E-state index contributed by atoms with van der Waals surface area (Å²) >= 11 is 5.86. The van der Waals surface area contributed by atoms with Crippen molar-refractivity contribution in [2.24, 2.45) is 5.92 Å².